The summed E-state index contributed by atoms with van der Waals surface area (Å²) < 4.78 is 14.2. The third kappa shape index (κ3) is 2.73. The van der Waals surface area contributed by atoms with Crippen LogP contribution in [0.2, 0.25) is 0 Å². The molecule has 94 valence electrons. The second-order valence-electron chi connectivity index (χ2n) is 4.27. The number of carbonyl (C=O) groups is 1. The summed E-state index contributed by atoms with van der Waals surface area (Å²) in [7, 11) is 0. The fourth-order valence-corrected chi connectivity index (χ4v) is 1.98. The Morgan fingerprint density at radius 2 is 2.53 bits per heavy atom. The summed E-state index contributed by atoms with van der Waals surface area (Å²) in [6.45, 7) is 3.30. The molecule has 1 saturated heterocycles. The minimum absolute atomic E-state index is 0.0402. The van der Waals surface area contributed by atoms with E-state index in [1.807, 2.05) is 6.92 Å². The molecule has 1 aliphatic heterocycles. The van der Waals surface area contributed by atoms with Crippen LogP contribution in [0, 0.1) is 5.82 Å². The van der Waals surface area contributed by atoms with Gasteiger partial charge < -0.3 is 15.3 Å². The molecule has 1 aromatic rings. The van der Waals surface area contributed by atoms with E-state index >= 15 is 0 Å². The van der Waals surface area contributed by atoms with Crippen LogP contribution in [-0.2, 0) is 6.54 Å². The molecule has 0 aromatic carbocycles. The molecule has 1 aromatic heterocycles. The van der Waals surface area contributed by atoms with Crippen LogP contribution >= 0.6 is 0 Å². The molecule has 0 aliphatic carbocycles. The number of carboxylic acid groups (broad SMARTS) is 1. The highest BCUT2D eigenvalue weighted by atomic mass is 19.1. The summed E-state index contributed by atoms with van der Waals surface area (Å²) >= 11 is 0. The lowest BCUT2D eigenvalue weighted by Crippen LogP contribution is -2.58. The molecule has 0 bridgehead atoms. The highest BCUT2D eigenvalue weighted by Crippen LogP contribution is 2.08. The number of rotatable bonds is 2. The number of hydrogen-bond acceptors (Lipinski definition) is 3. The molecule has 1 aliphatic rings. The van der Waals surface area contributed by atoms with Crippen molar-refractivity contribution < 1.29 is 14.3 Å². The minimum Gasteiger partial charge on any atom is -0.465 e. The van der Waals surface area contributed by atoms with Crippen molar-refractivity contribution in [2.75, 3.05) is 13.1 Å². The van der Waals surface area contributed by atoms with E-state index in [-0.39, 0.29) is 17.9 Å². The summed E-state index contributed by atoms with van der Waals surface area (Å²) in [5.74, 6) is -0.385. The molecule has 7 heteroatoms. The Balaban J connectivity index is 1.96. The van der Waals surface area contributed by atoms with Crippen LogP contribution in [0.1, 0.15) is 6.92 Å². The molecule has 2 rings (SSSR count). The van der Waals surface area contributed by atoms with Gasteiger partial charge in [0, 0.05) is 25.2 Å². The van der Waals surface area contributed by atoms with Crippen molar-refractivity contribution in [3.8, 4) is 0 Å². The number of nitrogens with one attached hydrogen (secondary N) is 1. The molecule has 1 amide bonds. The maximum absolute atomic E-state index is 12.7. The third-order valence-corrected chi connectivity index (χ3v) is 2.91. The van der Waals surface area contributed by atoms with Crippen molar-refractivity contribution >= 4 is 6.09 Å². The van der Waals surface area contributed by atoms with Gasteiger partial charge in [0.05, 0.1) is 18.9 Å². The molecule has 6 nitrogen and oxygen atoms in total. The van der Waals surface area contributed by atoms with Gasteiger partial charge in [0.25, 0.3) is 0 Å². The largest absolute Gasteiger partial charge is 0.465 e. The van der Waals surface area contributed by atoms with Crippen molar-refractivity contribution in [3.05, 3.63) is 18.2 Å². The third-order valence-electron chi connectivity index (χ3n) is 2.91. The average molecular weight is 242 g/mol. The van der Waals surface area contributed by atoms with Crippen LogP contribution in [0.5, 0.6) is 0 Å². The number of amides is 1. The number of aromatic nitrogens is 2. The lowest BCUT2D eigenvalue weighted by Gasteiger charge is -2.36. The van der Waals surface area contributed by atoms with Crippen LogP contribution in [0.4, 0.5) is 9.18 Å². The van der Waals surface area contributed by atoms with Crippen LogP contribution in [0.15, 0.2) is 12.4 Å². The second kappa shape index (κ2) is 4.70. The van der Waals surface area contributed by atoms with E-state index in [0.717, 1.165) is 6.20 Å². The van der Waals surface area contributed by atoms with Gasteiger partial charge in [0.15, 0.2) is 5.82 Å². The van der Waals surface area contributed by atoms with Gasteiger partial charge in [-0.1, -0.05) is 0 Å². The van der Waals surface area contributed by atoms with E-state index in [0.29, 0.717) is 19.6 Å². The second-order valence-corrected chi connectivity index (χ2v) is 4.27. The minimum atomic E-state index is -0.921. The molecular formula is C10H15FN4O2. The van der Waals surface area contributed by atoms with Crippen molar-refractivity contribution in [1.82, 2.24) is 20.0 Å². The van der Waals surface area contributed by atoms with Crippen molar-refractivity contribution in [2.45, 2.75) is 25.6 Å². The number of nitrogens with zero attached hydrogens (tertiary/aromatic N) is 3. The molecule has 2 N–H and O–H groups in total. The Kier molecular flexibility index (Phi) is 3.28. The first kappa shape index (κ1) is 11.8. The van der Waals surface area contributed by atoms with Gasteiger partial charge in [-0.15, -0.1) is 0 Å². The van der Waals surface area contributed by atoms with Gasteiger partial charge >= 0.3 is 6.09 Å². The van der Waals surface area contributed by atoms with Gasteiger partial charge in [0.1, 0.15) is 0 Å². The van der Waals surface area contributed by atoms with E-state index in [9.17, 15) is 9.18 Å². The van der Waals surface area contributed by atoms with Gasteiger partial charge in [-0.05, 0) is 6.92 Å². The predicted molar refractivity (Wildman–Crippen MR) is 58.2 cm³/mol. The van der Waals surface area contributed by atoms with E-state index in [4.69, 9.17) is 5.11 Å². The Hall–Kier alpha value is -1.63. The summed E-state index contributed by atoms with van der Waals surface area (Å²) in [4.78, 5) is 12.4. The summed E-state index contributed by atoms with van der Waals surface area (Å²) in [6.07, 6.45) is 1.52. The van der Waals surface area contributed by atoms with Crippen LogP contribution in [0.25, 0.3) is 0 Å². The first-order chi connectivity index (χ1) is 8.06. The quantitative estimate of drug-likeness (QED) is 0.785. The zero-order valence-corrected chi connectivity index (χ0v) is 9.51. The van der Waals surface area contributed by atoms with E-state index < -0.39 is 6.09 Å². The van der Waals surface area contributed by atoms with Crippen LogP contribution in [-0.4, -0.2) is 51.1 Å². The standard InChI is InChI=1S/C10H15FN4O2/c1-7-2-12-9(6-15(7)10(16)17)5-14-4-8(11)3-13-14/h3-4,7,9,12H,2,5-6H2,1H3,(H,16,17)/t7-,9+/m1/s1. The normalized spacial score (nSPS) is 24.9. The average Bonchev–Trinajstić information content (AvgIpc) is 2.66. The molecule has 0 radical (unpaired) electrons. The Bertz CT molecular complexity index is 409. The van der Waals surface area contributed by atoms with E-state index in [2.05, 4.69) is 10.4 Å². The SMILES string of the molecule is C[C@@H]1CN[C@@H](Cn2cc(F)cn2)CN1C(=O)O. The Labute approximate surface area is 98.0 Å². The Morgan fingerprint density at radius 3 is 3.12 bits per heavy atom. The van der Waals surface area contributed by atoms with Gasteiger partial charge in [-0.3, -0.25) is 4.68 Å². The molecule has 1 fully saturated rings. The van der Waals surface area contributed by atoms with Gasteiger partial charge in [-0.2, -0.15) is 5.10 Å². The predicted octanol–water partition coefficient (Wildman–Crippen LogP) is 0.362. The smallest absolute Gasteiger partial charge is 0.407 e. The molecule has 0 saturated carbocycles. The zero-order valence-electron chi connectivity index (χ0n) is 9.51. The first-order valence-corrected chi connectivity index (χ1v) is 5.47. The summed E-state index contributed by atoms with van der Waals surface area (Å²) in [5.41, 5.74) is 0. The van der Waals surface area contributed by atoms with Crippen molar-refractivity contribution in [2.24, 2.45) is 0 Å². The maximum atomic E-state index is 12.7. The van der Waals surface area contributed by atoms with Gasteiger partial charge in [0.2, 0.25) is 0 Å². The van der Waals surface area contributed by atoms with E-state index in [1.165, 1.54) is 15.8 Å². The Morgan fingerprint density at radius 1 is 1.76 bits per heavy atom. The first-order valence-electron chi connectivity index (χ1n) is 5.47. The molecule has 2 atom stereocenters. The zero-order chi connectivity index (χ0) is 12.4. The van der Waals surface area contributed by atoms with Crippen LogP contribution < -0.4 is 5.32 Å². The molecule has 17 heavy (non-hydrogen) atoms. The van der Waals surface area contributed by atoms with Crippen molar-refractivity contribution in [3.63, 3.8) is 0 Å². The molecule has 2 heterocycles. The number of hydrogen-bond donors (Lipinski definition) is 2. The summed E-state index contributed by atoms with van der Waals surface area (Å²) in [6, 6.07) is -0.0836. The van der Waals surface area contributed by atoms with Crippen LogP contribution in [0.3, 0.4) is 0 Å². The topological polar surface area (TPSA) is 70.4 Å². The lowest BCUT2D eigenvalue weighted by molar-refractivity contribution is 0.101. The highest BCUT2D eigenvalue weighted by molar-refractivity contribution is 5.65. The monoisotopic (exact) mass is 242 g/mol. The van der Waals surface area contributed by atoms with Gasteiger partial charge in [-0.25, -0.2) is 9.18 Å². The molecule has 0 spiro atoms. The summed E-state index contributed by atoms with van der Waals surface area (Å²) in [5, 5.41) is 16.1. The fraction of sp³-hybridized carbons (Fsp3) is 0.600. The fourth-order valence-electron chi connectivity index (χ4n) is 1.98. The lowest BCUT2D eigenvalue weighted by atomic mass is 10.1. The number of piperazine rings is 1. The number of halogens is 1. The maximum Gasteiger partial charge on any atom is 0.407 e. The van der Waals surface area contributed by atoms with E-state index in [1.54, 1.807) is 0 Å². The molecule has 0 unspecified atom stereocenters. The van der Waals surface area contributed by atoms with Crippen molar-refractivity contribution in [1.29, 1.82) is 0 Å². The molecular weight excluding hydrogens is 227 g/mol. The highest BCUT2D eigenvalue weighted by Gasteiger charge is 2.28.